The molecule has 1 aliphatic carbocycles. The van der Waals surface area contributed by atoms with Crippen molar-refractivity contribution in [2.75, 3.05) is 6.54 Å². The largest absolute Gasteiger partial charge is 0.365 e. The molecule has 2 heterocycles. The number of hydrogen-bond donors (Lipinski definition) is 0. The van der Waals surface area contributed by atoms with Gasteiger partial charge in [-0.05, 0) is 36.6 Å². The van der Waals surface area contributed by atoms with Crippen LogP contribution in [0.5, 0.6) is 0 Å². The molecule has 0 aromatic carbocycles. The van der Waals surface area contributed by atoms with Gasteiger partial charge >= 0.3 is 0 Å². The molecule has 3 rings (SSSR count). The first-order valence-corrected chi connectivity index (χ1v) is 6.42. The van der Waals surface area contributed by atoms with E-state index in [0.29, 0.717) is 12.5 Å². The summed E-state index contributed by atoms with van der Waals surface area (Å²) < 4.78 is 0. The third kappa shape index (κ3) is 2.08. The topological polar surface area (TPSA) is 33.2 Å². The average Bonchev–Trinajstić information content (AvgIpc) is 2.90. The van der Waals surface area contributed by atoms with Gasteiger partial charge in [0.15, 0.2) is 5.78 Å². The zero-order valence-corrected chi connectivity index (χ0v) is 10.2. The number of allylic oxidation sites excluding steroid dienone is 3. The van der Waals surface area contributed by atoms with E-state index in [4.69, 9.17) is 0 Å². The van der Waals surface area contributed by atoms with Gasteiger partial charge in [-0.15, -0.1) is 0 Å². The van der Waals surface area contributed by atoms with Crippen LogP contribution in [0.15, 0.2) is 48.5 Å². The predicted octanol–water partition coefficient (Wildman–Crippen LogP) is 2.63. The van der Waals surface area contributed by atoms with E-state index in [2.05, 4.69) is 16.0 Å². The van der Waals surface area contributed by atoms with E-state index in [1.54, 1.807) is 12.3 Å². The molecule has 92 valence electrons. The monoisotopic (exact) mass is 240 g/mol. The Balaban J connectivity index is 1.84. The summed E-state index contributed by atoms with van der Waals surface area (Å²) in [6, 6.07) is 4.53. The smallest absolute Gasteiger partial charge is 0.159 e. The summed E-state index contributed by atoms with van der Waals surface area (Å²) in [5.41, 5.74) is 2.45. The standard InChI is InChI=1S/C15H16N2O/c18-14-7-5-13(6-8-14)17-10-2-4-15(17)12-3-1-9-16-11-12/h1,3,5-7,9,11,15H,2,4,8,10H2. The Kier molecular flexibility index (Phi) is 2.97. The van der Waals surface area contributed by atoms with E-state index in [0.717, 1.165) is 13.0 Å². The number of carbonyl (C=O) groups excluding carboxylic acids is 1. The summed E-state index contributed by atoms with van der Waals surface area (Å²) in [5, 5.41) is 0. The maximum absolute atomic E-state index is 11.2. The second-order valence-corrected chi connectivity index (χ2v) is 4.77. The van der Waals surface area contributed by atoms with Crippen LogP contribution in [0.4, 0.5) is 0 Å². The summed E-state index contributed by atoms with van der Waals surface area (Å²) in [4.78, 5) is 17.8. The first kappa shape index (κ1) is 11.2. The van der Waals surface area contributed by atoms with Gasteiger partial charge in [-0.25, -0.2) is 0 Å². The molecule has 1 saturated heterocycles. The Hall–Kier alpha value is -1.90. The fourth-order valence-corrected chi connectivity index (χ4v) is 2.73. The minimum absolute atomic E-state index is 0.191. The van der Waals surface area contributed by atoms with Crippen molar-refractivity contribution in [3.8, 4) is 0 Å². The van der Waals surface area contributed by atoms with Gasteiger partial charge in [-0.3, -0.25) is 9.78 Å². The number of nitrogens with zero attached hydrogens (tertiary/aromatic N) is 2. The van der Waals surface area contributed by atoms with E-state index >= 15 is 0 Å². The second-order valence-electron chi connectivity index (χ2n) is 4.77. The third-order valence-electron chi connectivity index (χ3n) is 3.61. The molecule has 0 saturated carbocycles. The van der Waals surface area contributed by atoms with Crippen LogP contribution in [0.1, 0.15) is 30.9 Å². The third-order valence-corrected chi connectivity index (χ3v) is 3.61. The number of carbonyl (C=O) groups is 1. The second kappa shape index (κ2) is 4.77. The van der Waals surface area contributed by atoms with Crippen LogP contribution in [-0.2, 0) is 4.79 Å². The van der Waals surface area contributed by atoms with Crippen molar-refractivity contribution in [1.82, 2.24) is 9.88 Å². The summed E-state index contributed by atoms with van der Waals surface area (Å²) in [6.07, 6.45) is 12.3. The van der Waals surface area contributed by atoms with Crippen LogP contribution in [0.25, 0.3) is 0 Å². The van der Waals surface area contributed by atoms with E-state index in [9.17, 15) is 4.79 Å². The first-order chi connectivity index (χ1) is 8.84. The van der Waals surface area contributed by atoms with Crippen molar-refractivity contribution in [2.45, 2.75) is 25.3 Å². The van der Waals surface area contributed by atoms with Gasteiger partial charge in [-0.2, -0.15) is 0 Å². The van der Waals surface area contributed by atoms with E-state index < -0.39 is 0 Å². The lowest BCUT2D eigenvalue weighted by molar-refractivity contribution is -0.113. The van der Waals surface area contributed by atoms with Crippen molar-refractivity contribution in [1.29, 1.82) is 0 Å². The van der Waals surface area contributed by atoms with Crippen LogP contribution in [0.3, 0.4) is 0 Å². The number of aromatic nitrogens is 1. The van der Waals surface area contributed by atoms with Gasteiger partial charge in [0.05, 0.1) is 6.04 Å². The Bertz CT molecular complexity index is 504. The molecule has 1 unspecified atom stereocenters. The zero-order chi connectivity index (χ0) is 12.4. The Labute approximate surface area is 107 Å². The lowest BCUT2D eigenvalue weighted by Gasteiger charge is -2.28. The minimum Gasteiger partial charge on any atom is -0.365 e. The Morgan fingerprint density at radius 2 is 2.28 bits per heavy atom. The average molecular weight is 240 g/mol. The summed E-state index contributed by atoms with van der Waals surface area (Å²) >= 11 is 0. The molecule has 1 aromatic rings. The molecule has 3 heteroatoms. The summed E-state index contributed by atoms with van der Waals surface area (Å²) in [6.45, 7) is 1.06. The maximum Gasteiger partial charge on any atom is 0.159 e. The Morgan fingerprint density at radius 1 is 1.33 bits per heavy atom. The van der Waals surface area contributed by atoms with Crippen molar-refractivity contribution in [2.24, 2.45) is 0 Å². The predicted molar refractivity (Wildman–Crippen MR) is 69.8 cm³/mol. The number of likely N-dealkylation sites (tertiary alicyclic amines) is 1. The molecule has 0 N–H and O–H groups in total. The van der Waals surface area contributed by atoms with Gasteiger partial charge in [0.25, 0.3) is 0 Å². The highest BCUT2D eigenvalue weighted by Crippen LogP contribution is 2.35. The van der Waals surface area contributed by atoms with Gasteiger partial charge in [0.1, 0.15) is 0 Å². The maximum atomic E-state index is 11.2. The zero-order valence-electron chi connectivity index (χ0n) is 10.2. The van der Waals surface area contributed by atoms with Crippen LogP contribution in [-0.4, -0.2) is 22.2 Å². The molecular formula is C15H16N2O. The van der Waals surface area contributed by atoms with E-state index in [1.165, 1.54) is 17.7 Å². The molecule has 0 bridgehead atoms. The summed E-state index contributed by atoms with van der Waals surface area (Å²) in [5.74, 6) is 0.191. The van der Waals surface area contributed by atoms with Crippen molar-refractivity contribution < 1.29 is 4.79 Å². The van der Waals surface area contributed by atoms with Gasteiger partial charge in [0.2, 0.25) is 0 Å². The van der Waals surface area contributed by atoms with Crippen LogP contribution < -0.4 is 0 Å². The Morgan fingerprint density at radius 3 is 3.00 bits per heavy atom. The minimum atomic E-state index is 0.191. The molecule has 1 fully saturated rings. The number of hydrogen-bond acceptors (Lipinski definition) is 3. The van der Waals surface area contributed by atoms with Crippen molar-refractivity contribution >= 4 is 5.78 Å². The SMILES string of the molecule is O=C1C=CC(N2CCCC2c2cccnc2)=CC1. The lowest BCUT2D eigenvalue weighted by atomic mass is 10.0. The molecule has 0 amide bonds. The van der Waals surface area contributed by atoms with E-state index in [-0.39, 0.29) is 5.78 Å². The molecule has 0 radical (unpaired) electrons. The number of pyridine rings is 1. The highest BCUT2D eigenvalue weighted by Gasteiger charge is 2.27. The van der Waals surface area contributed by atoms with E-state index in [1.807, 2.05) is 24.4 Å². The normalized spacial score (nSPS) is 23.3. The van der Waals surface area contributed by atoms with Crippen LogP contribution in [0, 0.1) is 0 Å². The van der Waals surface area contributed by atoms with Crippen LogP contribution in [0.2, 0.25) is 0 Å². The number of ketones is 1. The van der Waals surface area contributed by atoms with Crippen LogP contribution >= 0.6 is 0 Å². The molecule has 1 aliphatic heterocycles. The molecule has 3 nitrogen and oxygen atoms in total. The highest BCUT2D eigenvalue weighted by molar-refractivity contribution is 5.92. The van der Waals surface area contributed by atoms with Gasteiger partial charge < -0.3 is 4.90 Å². The summed E-state index contributed by atoms with van der Waals surface area (Å²) in [7, 11) is 0. The fraction of sp³-hybridized carbons (Fsp3) is 0.333. The molecule has 2 aliphatic rings. The lowest BCUT2D eigenvalue weighted by Crippen LogP contribution is -2.23. The highest BCUT2D eigenvalue weighted by atomic mass is 16.1. The first-order valence-electron chi connectivity index (χ1n) is 6.42. The fourth-order valence-electron chi connectivity index (χ4n) is 2.73. The molecule has 1 aromatic heterocycles. The van der Waals surface area contributed by atoms with Crippen molar-refractivity contribution in [3.63, 3.8) is 0 Å². The van der Waals surface area contributed by atoms with Gasteiger partial charge in [0, 0.05) is 31.1 Å². The number of rotatable bonds is 2. The molecular weight excluding hydrogens is 224 g/mol. The molecule has 0 spiro atoms. The molecule has 18 heavy (non-hydrogen) atoms. The molecule has 1 atom stereocenters. The van der Waals surface area contributed by atoms with Crippen molar-refractivity contribution in [3.05, 3.63) is 54.0 Å². The quantitative estimate of drug-likeness (QED) is 0.796. The van der Waals surface area contributed by atoms with Gasteiger partial charge in [-0.1, -0.05) is 12.1 Å².